The second-order valence-corrected chi connectivity index (χ2v) is 11.5. The summed E-state index contributed by atoms with van der Waals surface area (Å²) >= 11 is 0. The van der Waals surface area contributed by atoms with Crippen LogP contribution in [0.4, 0.5) is 17.5 Å². The highest BCUT2D eigenvalue weighted by Gasteiger charge is 2.27. The second-order valence-electron chi connectivity index (χ2n) is 9.61. The lowest BCUT2D eigenvalue weighted by atomic mass is 9.93. The molecule has 0 radical (unpaired) electrons. The molecule has 11 nitrogen and oxygen atoms in total. The van der Waals surface area contributed by atoms with E-state index in [0.29, 0.717) is 36.1 Å². The van der Waals surface area contributed by atoms with E-state index < -0.39 is 10.0 Å². The van der Waals surface area contributed by atoms with Crippen LogP contribution in [0.25, 0.3) is 11.2 Å². The first kappa shape index (κ1) is 24.9. The third kappa shape index (κ3) is 5.17. The molecule has 0 bridgehead atoms. The number of nitrogens with zero attached hydrogens (tertiary/aromatic N) is 6. The van der Waals surface area contributed by atoms with E-state index in [1.807, 2.05) is 18.5 Å². The maximum absolute atomic E-state index is 13.1. The summed E-state index contributed by atoms with van der Waals surface area (Å²) in [5, 5.41) is 16.6. The number of aromatic nitrogens is 4. The van der Waals surface area contributed by atoms with Crippen LogP contribution in [0.5, 0.6) is 0 Å². The van der Waals surface area contributed by atoms with Gasteiger partial charge in [0.25, 0.3) is 0 Å². The molecule has 2 aliphatic rings. The molecule has 0 unspecified atom stereocenters. The van der Waals surface area contributed by atoms with E-state index in [0.717, 1.165) is 51.0 Å². The highest BCUT2D eigenvalue weighted by molar-refractivity contribution is 7.89. The third-order valence-corrected chi connectivity index (χ3v) is 8.96. The minimum Gasteiger partial charge on any atom is -0.393 e. The van der Waals surface area contributed by atoms with Crippen molar-refractivity contribution in [2.75, 3.05) is 43.9 Å². The topological polar surface area (TPSA) is 129 Å². The molecule has 1 aliphatic carbocycles. The molecule has 1 aromatic carbocycles. The Morgan fingerprint density at radius 1 is 1.03 bits per heavy atom. The van der Waals surface area contributed by atoms with E-state index in [2.05, 4.69) is 20.5 Å². The largest absolute Gasteiger partial charge is 0.393 e. The molecule has 12 heteroatoms. The van der Waals surface area contributed by atoms with E-state index >= 15 is 0 Å². The van der Waals surface area contributed by atoms with Crippen molar-refractivity contribution in [3.8, 4) is 0 Å². The van der Waals surface area contributed by atoms with Gasteiger partial charge in [0.2, 0.25) is 16.0 Å². The van der Waals surface area contributed by atoms with Crippen LogP contribution in [-0.4, -0.2) is 87.6 Å². The Labute approximate surface area is 211 Å². The number of aryl methyl sites for hydroxylation is 1. The molecule has 0 atom stereocenters. The molecule has 3 aromatic rings. The van der Waals surface area contributed by atoms with E-state index in [1.165, 1.54) is 0 Å². The van der Waals surface area contributed by atoms with E-state index in [1.54, 1.807) is 34.9 Å². The number of imidazole rings is 1. The zero-order valence-electron chi connectivity index (χ0n) is 20.8. The lowest BCUT2D eigenvalue weighted by Gasteiger charge is -2.31. The Balaban J connectivity index is 1.38. The lowest BCUT2D eigenvalue weighted by molar-refractivity contribution is 0.126. The minimum absolute atomic E-state index is 0.204. The van der Waals surface area contributed by atoms with E-state index in [-0.39, 0.29) is 17.0 Å². The molecule has 2 fully saturated rings. The highest BCUT2D eigenvalue weighted by atomic mass is 32.2. The number of aliphatic hydroxyl groups is 1. The summed E-state index contributed by atoms with van der Waals surface area (Å²) in [7, 11) is -1.53. The van der Waals surface area contributed by atoms with Crippen molar-refractivity contribution in [2.45, 2.75) is 56.2 Å². The summed E-state index contributed by atoms with van der Waals surface area (Å²) in [6, 6.07) is 6.97. The van der Waals surface area contributed by atoms with E-state index in [9.17, 15) is 13.5 Å². The van der Waals surface area contributed by atoms with Gasteiger partial charge in [0.05, 0.1) is 17.3 Å². The molecule has 3 heterocycles. The van der Waals surface area contributed by atoms with Gasteiger partial charge in [-0.05, 0) is 63.9 Å². The Bertz CT molecular complexity index is 1290. The standard InChI is InChI=1S/C24H34N8O3S/c1-3-31-16-25-21-22(28-24(29-23(21)31)27-18-4-8-19(33)9-5-18)26-17-6-10-20(11-7-17)36(34,35)32-14-12-30(2)13-15-32/h6-7,10-11,16,18-19,33H,3-5,8-9,12-15H2,1-2H3,(H2,26,27,28,29)/t18-,19-. The Kier molecular flexibility index (Phi) is 7.11. The maximum Gasteiger partial charge on any atom is 0.243 e. The van der Waals surface area contributed by atoms with Crippen molar-refractivity contribution < 1.29 is 13.5 Å². The molecule has 1 aliphatic heterocycles. The monoisotopic (exact) mass is 514 g/mol. The van der Waals surface area contributed by atoms with Crippen molar-refractivity contribution in [2.24, 2.45) is 0 Å². The fourth-order valence-corrected chi connectivity index (χ4v) is 6.18. The Morgan fingerprint density at radius 2 is 1.72 bits per heavy atom. The van der Waals surface area contributed by atoms with Gasteiger partial charge in [-0.2, -0.15) is 14.3 Å². The molecular formula is C24H34N8O3S. The van der Waals surface area contributed by atoms with Crippen molar-refractivity contribution in [3.63, 3.8) is 0 Å². The number of rotatable bonds is 7. The molecule has 5 rings (SSSR count). The van der Waals surface area contributed by atoms with E-state index in [4.69, 9.17) is 9.97 Å². The van der Waals surface area contributed by atoms with Crippen LogP contribution < -0.4 is 10.6 Å². The number of aliphatic hydroxyl groups excluding tert-OH is 1. The first-order valence-corrected chi connectivity index (χ1v) is 14.0. The molecule has 1 saturated carbocycles. The summed E-state index contributed by atoms with van der Waals surface area (Å²) in [4.78, 5) is 16.3. The normalized spacial score (nSPS) is 22.1. The number of nitrogens with one attached hydrogen (secondary N) is 2. The minimum atomic E-state index is -3.53. The van der Waals surface area contributed by atoms with Crippen LogP contribution in [0.1, 0.15) is 32.6 Å². The first-order valence-electron chi connectivity index (χ1n) is 12.6. The smallest absolute Gasteiger partial charge is 0.243 e. The molecule has 1 saturated heterocycles. The molecule has 0 amide bonds. The number of fused-ring (bicyclic) bond motifs is 1. The quantitative estimate of drug-likeness (QED) is 0.435. The van der Waals surface area contributed by atoms with Gasteiger partial charge in [0, 0.05) is 44.5 Å². The number of piperazine rings is 1. The van der Waals surface area contributed by atoms with Crippen molar-refractivity contribution in [1.29, 1.82) is 0 Å². The van der Waals surface area contributed by atoms with Gasteiger partial charge < -0.3 is 25.2 Å². The predicted octanol–water partition coefficient (Wildman–Crippen LogP) is 2.24. The number of anilines is 3. The summed E-state index contributed by atoms with van der Waals surface area (Å²) in [5.41, 5.74) is 2.09. The molecule has 0 spiro atoms. The van der Waals surface area contributed by atoms with Crippen LogP contribution in [0.2, 0.25) is 0 Å². The summed E-state index contributed by atoms with van der Waals surface area (Å²) in [5.74, 6) is 1.07. The fourth-order valence-electron chi connectivity index (χ4n) is 4.75. The highest BCUT2D eigenvalue weighted by Crippen LogP contribution is 2.28. The zero-order chi connectivity index (χ0) is 25.3. The first-order chi connectivity index (χ1) is 17.3. The van der Waals surface area contributed by atoms with Gasteiger partial charge in [-0.3, -0.25) is 0 Å². The summed E-state index contributed by atoms with van der Waals surface area (Å²) < 4.78 is 29.6. The van der Waals surface area contributed by atoms with Gasteiger partial charge in [-0.15, -0.1) is 0 Å². The maximum atomic E-state index is 13.1. The van der Waals surface area contributed by atoms with Crippen molar-refractivity contribution >= 4 is 38.6 Å². The van der Waals surface area contributed by atoms with Crippen LogP contribution in [-0.2, 0) is 16.6 Å². The predicted molar refractivity (Wildman–Crippen MR) is 139 cm³/mol. The molecule has 2 aromatic heterocycles. The second kappa shape index (κ2) is 10.3. The number of hydrogen-bond donors (Lipinski definition) is 3. The number of hydrogen-bond acceptors (Lipinski definition) is 9. The van der Waals surface area contributed by atoms with Crippen LogP contribution >= 0.6 is 0 Å². The fraction of sp³-hybridized carbons (Fsp3) is 0.542. The number of benzene rings is 1. The third-order valence-electron chi connectivity index (χ3n) is 7.05. The summed E-state index contributed by atoms with van der Waals surface area (Å²) in [6.07, 6.45) is 4.77. The Hall–Kier alpha value is -2.80. The average molecular weight is 515 g/mol. The molecule has 3 N–H and O–H groups in total. The lowest BCUT2D eigenvalue weighted by Crippen LogP contribution is -2.46. The van der Waals surface area contributed by atoms with Gasteiger partial charge in [-0.25, -0.2) is 13.4 Å². The number of sulfonamides is 1. The number of likely N-dealkylation sites (N-methyl/N-ethyl adjacent to an activating group) is 1. The zero-order valence-corrected chi connectivity index (χ0v) is 21.6. The van der Waals surface area contributed by atoms with Gasteiger partial charge in [-0.1, -0.05) is 0 Å². The van der Waals surface area contributed by atoms with Gasteiger partial charge >= 0.3 is 0 Å². The molecule has 194 valence electrons. The van der Waals surface area contributed by atoms with Crippen LogP contribution in [0.3, 0.4) is 0 Å². The molecular weight excluding hydrogens is 480 g/mol. The summed E-state index contributed by atoms with van der Waals surface area (Å²) in [6.45, 7) is 5.20. The Morgan fingerprint density at radius 3 is 2.39 bits per heavy atom. The van der Waals surface area contributed by atoms with Crippen LogP contribution in [0, 0.1) is 0 Å². The van der Waals surface area contributed by atoms with Crippen molar-refractivity contribution in [3.05, 3.63) is 30.6 Å². The van der Waals surface area contributed by atoms with Gasteiger partial charge in [0.1, 0.15) is 0 Å². The molecule has 36 heavy (non-hydrogen) atoms. The van der Waals surface area contributed by atoms with Gasteiger partial charge in [0.15, 0.2) is 17.0 Å². The van der Waals surface area contributed by atoms with Crippen molar-refractivity contribution in [1.82, 2.24) is 28.7 Å². The van der Waals surface area contributed by atoms with Crippen LogP contribution in [0.15, 0.2) is 35.5 Å². The average Bonchev–Trinajstić information content (AvgIpc) is 3.29. The SMILES string of the molecule is CCn1cnc2c(Nc3ccc(S(=O)(=O)N4CCN(C)CC4)cc3)nc(N[C@H]3CC[C@H](O)CC3)nc21.